The molecule has 0 bridgehead atoms. The largest absolute Gasteiger partial charge is 0.503 e. The molecule has 1 fully saturated rings. The lowest BCUT2D eigenvalue weighted by Gasteiger charge is -2.35. The van der Waals surface area contributed by atoms with Gasteiger partial charge in [0.25, 0.3) is 0 Å². The van der Waals surface area contributed by atoms with Crippen LogP contribution in [0.4, 0.5) is 0 Å². The number of aromatic nitrogens is 1. The molecule has 0 radical (unpaired) electrons. The fourth-order valence-electron chi connectivity index (χ4n) is 3.31. The maximum absolute atomic E-state index is 11.9. The molecule has 1 saturated heterocycles. The minimum Gasteiger partial charge on any atom is -0.503 e. The zero-order valence-electron chi connectivity index (χ0n) is 14.2. The van der Waals surface area contributed by atoms with Crippen molar-refractivity contribution in [3.63, 3.8) is 0 Å². The number of benzene rings is 1. The molecule has 2 aromatic rings. The number of nitrogens with zero attached hydrogens (tertiary/aromatic N) is 2. The van der Waals surface area contributed by atoms with Crippen molar-refractivity contribution in [1.82, 2.24) is 9.47 Å². The molecular weight excluding hydrogens is 304 g/mol. The van der Waals surface area contributed by atoms with E-state index < -0.39 is 0 Å². The highest BCUT2D eigenvalue weighted by atomic mass is 16.5. The van der Waals surface area contributed by atoms with E-state index in [0.29, 0.717) is 13.1 Å². The van der Waals surface area contributed by atoms with Crippen LogP contribution in [0.25, 0.3) is 0 Å². The van der Waals surface area contributed by atoms with Gasteiger partial charge in [0.2, 0.25) is 5.43 Å². The Morgan fingerprint density at radius 1 is 1.12 bits per heavy atom. The van der Waals surface area contributed by atoms with E-state index in [1.165, 1.54) is 6.20 Å². The Morgan fingerprint density at radius 3 is 2.46 bits per heavy atom. The van der Waals surface area contributed by atoms with Gasteiger partial charge in [0, 0.05) is 37.9 Å². The number of rotatable bonds is 4. The first-order valence-corrected chi connectivity index (χ1v) is 8.35. The van der Waals surface area contributed by atoms with Crippen LogP contribution < -0.4 is 5.43 Å². The van der Waals surface area contributed by atoms with E-state index in [1.807, 2.05) is 34.9 Å². The molecule has 1 aliphatic rings. The van der Waals surface area contributed by atoms with Crippen LogP contribution in [-0.4, -0.2) is 39.9 Å². The number of pyridine rings is 1. The van der Waals surface area contributed by atoms with Crippen molar-refractivity contribution < 1.29 is 9.84 Å². The number of morpholine rings is 1. The normalized spacial score (nSPS) is 21.8. The lowest BCUT2D eigenvalue weighted by Crippen LogP contribution is -2.45. The smallest absolute Gasteiger partial charge is 0.223 e. The van der Waals surface area contributed by atoms with Crippen LogP contribution in [0.2, 0.25) is 0 Å². The second-order valence-corrected chi connectivity index (χ2v) is 6.58. The van der Waals surface area contributed by atoms with Gasteiger partial charge in [-0.3, -0.25) is 9.69 Å². The molecular formula is C19H24N2O3. The molecule has 5 nitrogen and oxygen atoms in total. The summed E-state index contributed by atoms with van der Waals surface area (Å²) in [6, 6.07) is 11.6. The Labute approximate surface area is 142 Å². The van der Waals surface area contributed by atoms with Crippen LogP contribution in [0.15, 0.2) is 47.4 Å². The highest BCUT2D eigenvalue weighted by Crippen LogP contribution is 2.16. The third-order valence-corrected chi connectivity index (χ3v) is 4.27. The molecule has 128 valence electrons. The monoisotopic (exact) mass is 328 g/mol. The maximum atomic E-state index is 11.9. The Bertz CT molecular complexity index is 732. The summed E-state index contributed by atoms with van der Waals surface area (Å²) in [5, 5.41) is 9.83. The van der Waals surface area contributed by atoms with Gasteiger partial charge in [-0.05, 0) is 19.4 Å². The second-order valence-electron chi connectivity index (χ2n) is 6.58. The summed E-state index contributed by atoms with van der Waals surface area (Å²) in [4.78, 5) is 14.2. The van der Waals surface area contributed by atoms with E-state index in [9.17, 15) is 9.90 Å². The summed E-state index contributed by atoms with van der Waals surface area (Å²) in [5.74, 6) is -0.210. The van der Waals surface area contributed by atoms with Crippen LogP contribution in [0.3, 0.4) is 0 Å². The Hall–Kier alpha value is -2.11. The van der Waals surface area contributed by atoms with Crippen molar-refractivity contribution in [2.45, 2.75) is 39.1 Å². The van der Waals surface area contributed by atoms with Crippen molar-refractivity contribution in [2.24, 2.45) is 0 Å². The van der Waals surface area contributed by atoms with Gasteiger partial charge in [-0.1, -0.05) is 30.3 Å². The standard InChI is InChI=1S/C19H24N2O3/c1-14-9-20(10-15(2)24-14)12-17-8-18(22)19(23)13-21(17)11-16-6-4-3-5-7-16/h3-8,13-15,23H,9-12H2,1-2H3. The summed E-state index contributed by atoms with van der Waals surface area (Å²) in [5.41, 5.74) is 1.71. The molecule has 24 heavy (non-hydrogen) atoms. The Morgan fingerprint density at radius 2 is 1.79 bits per heavy atom. The number of aromatic hydroxyl groups is 1. The van der Waals surface area contributed by atoms with Gasteiger partial charge in [0.1, 0.15) is 0 Å². The van der Waals surface area contributed by atoms with Crippen molar-refractivity contribution in [2.75, 3.05) is 13.1 Å². The summed E-state index contributed by atoms with van der Waals surface area (Å²) < 4.78 is 7.73. The van der Waals surface area contributed by atoms with E-state index in [-0.39, 0.29) is 23.4 Å². The lowest BCUT2D eigenvalue weighted by atomic mass is 10.2. The summed E-state index contributed by atoms with van der Waals surface area (Å²) in [7, 11) is 0. The van der Waals surface area contributed by atoms with Crippen LogP contribution in [0.5, 0.6) is 5.75 Å². The van der Waals surface area contributed by atoms with E-state index in [2.05, 4.69) is 18.7 Å². The van der Waals surface area contributed by atoms with Crippen molar-refractivity contribution >= 4 is 0 Å². The van der Waals surface area contributed by atoms with Crippen molar-refractivity contribution in [1.29, 1.82) is 0 Å². The highest BCUT2D eigenvalue weighted by Gasteiger charge is 2.23. The van der Waals surface area contributed by atoms with Gasteiger partial charge in [-0.15, -0.1) is 0 Å². The molecule has 5 heteroatoms. The Kier molecular flexibility index (Phi) is 5.02. The van der Waals surface area contributed by atoms with Crippen LogP contribution in [-0.2, 0) is 17.8 Å². The topological polar surface area (TPSA) is 54.7 Å². The Balaban J connectivity index is 1.86. The molecule has 0 amide bonds. The molecule has 0 aliphatic carbocycles. The van der Waals surface area contributed by atoms with Gasteiger partial charge in [0.15, 0.2) is 5.75 Å². The van der Waals surface area contributed by atoms with Gasteiger partial charge in [0.05, 0.1) is 18.4 Å². The predicted octanol–water partition coefficient (Wildman–Crippen LogP) is 2.21. The number of ether oxygens (including phenoxy) is 1. The first-order chi connectivity index (χ1) is 11.5. The van der Waals surface area contributed by atoms with Crippen molar-refractivity contribution in [3.05, 3.63) is 64.1 Å². The predicted molar refractivity (Wildman–Crippen MR) is 93.2 cm³/mol. The van der Waals surface area contributed by atoms with E-state index in [4.69, 9.17) is 4.74 Å². The molecule has 0 spiro atoms. The number of hydrogen-bond acceptors (Lipinski definition) is 4. The molecule has 1 aromatic heterocycles. The van der Waals surface area contributed by atoms with Gasteiger partial charge in [-0.2, -0.15) is 0 Å². The minimum absolute atomic E-state index is 0.181. The third-order valence-electron chi connectivity index (χ3n) is 4.27. The highest BCUT2D eigenvalue weighted by molar-refractivity contribution is 5.23. The molecule has 2 heterocycles. The quantitative estimate of drug-likeness (QED) is 0.935. The number of hydrogen-bond donors (Lipinski definition) is 1. The molecule has 0 saturated carbocycles. The summed E-state index contributed by atoms with van der Waals surface area (Å²) in [6.07, 6.45) is 1.90. The van der Waals surface area contributed by atoms with E-state index >= 15 is 0 Å². The average molecular weight is 328 g/mol. The van der Waals surface area contributed by atoms with E-state index in [1.54, 1.807) is 6.07 Å². The maximum Gasteiger partial charge on any atom is 0.223 e. The lowest BCUT2D eigenvalue weighted by molar-refractivity contribution is -0.0710. The minimum atomic E-state index is -0.330. The zero-order chi connectivity index (χ0) is 17.1. The molecule has 1 aliphatic heterocycles. The first-order valence-electron chi connectivity index (χ1n) is 8.35. The van der Waals surface area contributed by atoms with Crippen LogP contribution in [0, 0.1) is 0 Å². The van der Waals surface area contributed by atoms with Gasteiger partial charge in [-0.25, -0.2) is 0 Å². The molecule has 1 N–H and O–H groups in total. The summed E-state index contributed by atoms with van der Waals surface area (Å²) >= 11 is 0. The molecule has 2 unspecified atom stereocenters. The molecule has 3 rings (SSSR count). The SMILES string of the molecule is CC1CN(Cc2cc(=O)c(O)cn2Cc2ccccc2)CC(C)O1. The fraction of sp³-hybridized carbons (Fsp3) is 0.421. The zero-order valence-corrected chi connectivity index (χ0v) is 14.2. The second kappa shape index (κ2) is 7.20. The first kappa shape index (κ1) is 16.7. The van der Waals surface area contributed by atoms with Crippen molar-refractivity contribution in [3.8, 4) is 5.75 Å². The fourth-order valence-corrected chi connectivity index (χ4v) is 3.31. The van der Waals surface area contributed by atoms with Crippen LogP contribution in [0.1, 0.15) is 25.1 Å². The third kappa shape index (κ3) is 4.04. The molecule has 1 aromatic carbocycles. The summed E-state index contributed by atoms with van der Waals surface area (Å²) in [6.45, 7) is 7.10. The van der Waals surface area contributed by atoms with Gasteiger partial charge < -0.3 is 14.4 Å². The molecule has 2 atom stereocenters. The van der Waals surface area contributed by atoms with Crippen LogP contribution >= 0.6 is 0 Å². The van der Waals surface area contributed by atoms with Gasteiger partial charge >= 0.3 is 0 Å². The van der Waals surface area contributed by atoms with E-state index in [0.717, 1.165) is 24.3 Å². The average Bonchev–Trinajstić information content (AvgIpc) is 2.52.